The van der Waals surface area contributed by atoms with Gasteiger partial charge in [0.2, 0.25) is 0 Å². The van der Waals surface area contributed by atoms with Crippen LogP contribution in [0.15, 0.2) is 22.7 Å². The minimum Gasteiger partial charge on any atom is -0.304 e. The SMILES string of the molecule is O=C(Cc1ccc(Br)cc1Cl)C1CCC2CCCCC2N1. The van der Waals surface area contributed by atoms with E-state index >= 15 is 0 Å². The van der Waals surface area contributed by atoms with Gasteiger partial charge >= 0.3 is 0 Å². The van der Waals surface area contributed by atoms with Crippen LogP contribution in [0.3, 0.4) is 0 Å². The van der Waals surface area contributed by atoms with Gasteiger partial charge in [0.15, 0.2) is 5.78 Å². The summed E-state index contributed by atoms with van der Waals surface area (Å²) in [5.74, 6) is 1.07. The molecule has 4 heteroatoms. The van der Waals surface area contributed by atoms with Gasteiger partial charge in [-0.1, -0.05) is 46.4 Å². The number of piperidine rings is 1. The third-order valence-electron chi connectivity index (χ3n) is 4.92. The molecule has 2 aliphatic rings. The summed E-state index contributed by atoms with van der Waals surface area (Å²) in [6.07, 6.45) is 7.83. The van der Waals surface area contributed by atoms with Crippen LogP contribution in [0, 0.1) is 5.92 Å². The fourth-order valence-corrected chi connectivity index (χ4v) is 4.47. The number of benzene rings is 1. The molecule has 1 saturated carbocycles. The maximum Gasteiger partial charge on any atom is 0.154 e. The fourth-order valence-electron chi connectivity index (χ4n) is 3.72. The molecular weight excluding hydrogens is 350 g/mol. The lowest BCUT2D eigenvalue weighted by atomic mass is 9.77. The van der Waals surface area contributed by atoms with Gasteiger partial charge in [-0.05, 0) is 49.3 Å². The van der Waals surface area contributed by atoms with Gasteiger partial charge in [-0.3, -0.25) is 4.79 Å². The standard InChI is InChI=1S/C17H21BrClNO/c18-13-7-5-12(14(19)10-13)9-17(21)16-8-6-11-3-1-2-4-15(11)20-16/h5,7,10-11,15-16,20H,1-4,6,8-9H2. The fraction of sp³-hybridized carbons (Fsp3) is 0.588. The summed E-state index contributed by atoms with van der Waals surface area (Å²) < 4.78 is 0.949. The van der Waals surface area contributed by atoms with Crippen LogP contribution in [0.25, 0.3) is 0 Å². The number of nitrogens with one attached hydrogen (secondary N) is 1. The van der Waals surface area contributed by atoms with E-state index in [1.54, 1.807) is 0 Å². The molecule has 1 N–H and O–H groups in total. The first-order valence-corrected chi connectivity index (χ1v) is 9.03. The molecule has 0 spiro atoms. The Morgan fingerprint density at radius 3 is 2.86 bits per heavy atom. The maximum atomic E-state index is 12.5. The van der Waals surface area contributed by atoms with Crippen LogP contribution in [0.4, 0.5) is 0 Å². The molecule has 114 valence electrons. The molecular formula is C17H21BrClNO. The van der Waals surface area contributed by atoms with Crippen LogP contribution in [0.1, 0.15) is 44.1 Å². The second kappa shape index (κ2) is 6.80. The van der Waals surface area contributed by atoms with Gasteiger partial charge < -0.3 is 5.32 Å². The lowest BCUT2D eigenvalue weighted by Crippen LogP contribution is -2.52. The van der Waals surface area contributed by atoms with Crippen molar-refractivity contribution in [1.29, 1.82) is 0 Å². The average Bonchev–Trinajstić information content (AvgIpc) is 2.49. The van der Waals surface area contributed by atoms with Crippen molar-refractivity contribution in [3.63, 3.8) is 0 Å². The van der Waals surface area contributed by atoms with Gasteiger partial charge in [-0.25, -0.2) is 0 Å². The van der Waals surface area contributed by atoms with Gasteiger partial charge in [0.25, 0.3) is 0 Å². The number of carbonyl (C=O) groups is 1. The van der Waals surface area contributed by atoms with Gasteiger partial charge in [0.05, 0.1) is 6.04 Å². The van der Waals surface area contributed by atoms with E-state index in [1.807, 2.05) is 18.2 Å². The smallest absolute Gasteiger partial charge is 0.154 e. The first-order chi connectivity index (χ1) is 10.1. The predicted octanol–water partition coefficient (Wildman–Crippen LogP) is 4.52. The van der Waals surface area contributed by atoms with Crippen molar-refractivity contribution in [2.75, 3.05) is 0 Å². The third kappa shape index (κ3) is 3.69. The van der Waals surface area contributed by atoms with Crippen LogP contribution in [-0.2, 0) is 11.2 Å². The Kier molecular flexibility index (Phi) is 5.03. The molecule has 0 radical (unpaired) electrons. The zero-order valence-corrected chi connectivity index (χ0v) is 14.4. The highest BCUT2D eigenvalue weighted by Crippen LogP contribution is 2.32. The Hall–Kier alpha value is -0.380. The molecule has 3 atom stereocenters. The molecule has 1 saturated heterocycles. The first-order valence-electron chi connectivity index (χ1n) is 7.86. The number of ketones is 1. The monoisotopic (exact) mass is 369 g/mol. The number of halogens is 2. The van der Waals surface area contributed by atoms with E-state index in [0.29, 0.717) is 17.5 Å². The summed E-state index contributed by atoms with van der Waals surface area (Å²) in [4.78, 5) is 12.5. The number of hydrogen-bond acceptors (Lipinski definition) is 2. The van der Waals surface area contributed by atoms with E-state index < -0.39 is 0 Å². The van der Waals surface area contributed by atoms with Crippen molar-refractivity contribution in [2.45, 2.75) is 57.0 Å². The Morgan fingerprint density at radius 2 is 2.05 bits per heavy atom. The zero-order chi connectivity index (χ0) is 14.8. The van der Waals surface area contributed by atoms with Gasteiger partial charge in [0, 0.05) is 22.0 Å². The molecule has 1 heterocycles. The Balaban J connectivity index is 1.63. The molecule has 1 aromatic carbocycles. The molecule has 0 amide bonds. The van der Waals surface area contributed by atoms with E-state index in [2.05, 4.69) is 21.2 Å². The highest BCUT2D eigenvalue weighted by molar-refractivity contribution is 9.10. The lowest BCUT2D eigenvalue weighted by molar-refractivity contribution is -0.121. The molecule has 2 nitrogen and oxygen atoms in total. The van der Waals surface area contributed by atoms with Crippen molar-refractivity contribution in [1.82, 2.24) is 5.32 Å². The van der Waals surface area contributed by atoms with Crippen molar-refractivity contribution < 1.29 is 4.79 Å². The Bertz CT molecular complexity index is 534. The van der Waals surface area contributed by atoms with Crippen molar-refractivity contribution in [3.05, 3.63) is 33.3 Å². The second-order valence-corrected chi connectivity index (χ2v) is 7.65. The quantitative estimate of drug-likeness (QED) is 0.847. The Morgan fingerprint density at radius 1 is 1.24 bits per heavy atom. The highest BCUT2D eigenvalue weighted by atomic mass is 79.9. The number of carbonyl (C=O) groups excluding carboxylic acids is 1. The summed E-state index contributed by atoms with van der Waals surface area (Å²) in [6, 6.07) is 6.32. The summed E-state index contributed by atoms with van der Waals surface area (Å²) in [6.45, 7) is 0. The van der Waals surface area contributed by atoms with E-state index in [9.17, 15) is 4.79 Å². The largest absolute Gasteiger partial charge is 0.304 e. The summed E-state index contributed by atoms with van der Waals surface area (Å²) in [5.41, 5.74) is 0.928. The molecule has 1 aliphatic carbocycles. The molecule has 1 aliphatic heterocycles. The van der Waals surface area contributed by atoms with Gasteiger partial charge in [-0.2, -0.15) is 0 Å². The molecule has 0 aromatic heterocycles. The van der Waals surface area contributed by atoms with Gasteiger partial charge in [0.1, 0.15) is 0 Å². The predicted molar refractivity (Wildman–Crippen MR) is 89.8 cm³/mol. The van der Waals surface area contributed by atoms with Crippen LogP contribution in [0.2, 0.25) is 5.02 Å². The molecule has 0 bridgehead atoms. The Labute approximate surface area is 139 Å². The van der Waals surface area contributed by atoms with Crippen molar-refractivity contribution in [2.24, 2.45) is 5.92 Å². The van der Waals surface area contributed by atoms with Crippen LogP contribution >= 0.6 is 27.5 Å². The van der Waals surface area contributed by atoms with E-state index in [1.165, 1.54) is 32.1 Å². The topological polar surface area (TPSA) is 29.1 Å². The van der Waals surface area contributed by atoms with Crippen molar-refractivity contribution >= 4 is 33.3 Å². The molecule has 3 rings (SSSR count). The third-order valence-corrected chi connectivity index (χ3v) is 5.76. The van der Waals surface area contributed by atoms with Crippen LogP contribution < -0.4 is 5.32 Å². The van der Waals surface area contributed by atoms with E-state index in [0.717, 1.165) is 22.4 Å². The second-order valence-electron chi connectivity index (χ2n) is 6.33. The lowest BCUT2D eigenvalue weighted by Gasteiger charge is -2.40. The van der Waals surface area contributed by atoms with Gasteiger partial charge in [-0.15, -0.1) is 0 Å². The zero-order valence-electron chi connectivity index (χ0n) is 12.1. The number of fused-ring (bicyclic) bond motifs is 1. The van der Waals surface area contributed by atoms with Crippen LogP contribution in [0.5, 0.6) is 0 Å². The molecule has 3 unspecified atom stereocenters. The number of rotatable bonds is 3. The van der Waals surface area contributed by atoms with E-state index in [-0.39, 0.29) is 11.8 Å². The normalized spacial score (nSPS) is 29.0. The number of hydrogen-bond donors (Lipinski definition) is 1. The molecule has 21 heavy (non-hydrogen) atoms. The summed E-state index contributed by atoms with van der Waals surface area (Å²) in [7, 11) is 0. The maximum absolute atomic E-state index is 12.5. The van der Waals surface area contributed by atoms with Crippen LogP contribution in [-0.4, -0.2) is 17.9 Å². The highest BCUT2D eigenvalue weighted by Gasteiger charge is 2.34. The van der Waals surface area contributed by atoms with Crippen molar-refractivity contribution in [3.8, 4) is 0 Å². The minimum absolute atomic E-state index is 0.0177. The minimum atomic E-state index is 0.0177. The van der Waals surface area contributed by atoms with E-state index in [4.69, 9.17) is 11.6 Å². The summed E-state index contributed by atoms with van der Waals surface area (Å²) in [5, 5.41) is 4.27. The molecule has 2 fully saturated rings. The first kappa shape index (κ1) is 15.5. The summed E-state index contributed by atoms with van der Waals surface area (Å²) >= 11 is 9.62. The average molecular weight is 371 g/mol. The number of Topliss-reactive ketones (excluding diaryl/α,β-unsaturated/α-hetero) is 1. The molecule has 1 aromatic rings.